The van der Waals surface area contributed by atoms with Crippen LogP contribution in [0.2, 0.25) is 0 Å². The zero-order valence-corrected chi connectivity index (χ0v) is 9.71. The van der Waals surface area contributed by atoms with E-state index in [1.807, 2.05) is 0 Å². The smallest absolute Gasteiger partial charge is 0.375 e. The maximum atomic E-state index is 12.1. The third-order valence-corrected chi connectivity index (χ3v) is 2.08. The van der Waals surface area contributed by atoms with Crippen molar-refractivity contribution >= 4 is 17.3 Å². The first-order valence-corrected chi connectivity index (χ1v) is 5.25. The number of benzene rings is 1. The van der Waals surface area contributed by atoms with Gasteiger partial charge in [0, 0.05) is 0 Å². The number of nitrogens with one attached hydrogen (secondary N) is 2. The molecule has 4 N–H and O–H groups in total. The fraction of sp³-hybridized carbons (Fsp3) is 0.364. The predicted octanol–water partition coefficient (Wildman–Crippen LogP) is 1.95. The number of para-hydroxylation sites is 2. The van der Waals surface area contributed by atoms with Gasteiger partial charge in [-0.2, -0.15) is 13.2 Å². The van der Waals surface area contributed by atoms with Gasteiger partial charge in [0.15, 0.2) is 0 Å². The molecule has 0 radical (unpaired) electrons. The SMILES string of the molecule is C[C@@H](N)C(=O)Nc1ccccc1NCC(F)(F)F. The Morgan fingerprint density at radius 3 is 2.39 bits per heavy atom. The lowest BCUT2D eigenvalue weighted by Gasteiger charge is -2.15. The second-order valence-electron chi connectivity index (χ2n) is 3.79. The molecule has 1 amide bonds. The molecule has 0 spiro atoms. The highest BCUT2D eigenvalue weighted by Gasteiger charge is 2.27. The molecule has 0 unspecified atom stereocenters. The van der Waals surface area contributed by atoms with E-state index >= 15 is 0 Å². The zero-order valence-electron chi connectivity index (χ0n) is 9.71. The van der Waals surface area contributed by atoms with Crippen LogP contribution in [0.4, 0.5) is 24.5 Å². The molecular formula is C11H14F3N3O. The largest absolute Gasteiger partial charge is 0.405 e. The monoisotopic (exact) mass is 261 g/mol. The molecule has 0 saturated heterocycles. The van der Waals surface area contributed by atoms with Crippen LogP contribution in [0.5, 0.6) is 0 Å². The van der Waals surface area contributed by atoms with Crippen LogP contribution in [0.1, 0.15) is 6.92 Å². The number of carbonyl (C=O) groups excluding carboxylic acids is 1. The van der Waals surface area contributed by atoms with Crippen LogP contribution in [-0.4, -0.2) is 24.7 Å². The normalized spacial score (nSPS) is 12.9. The van der Waals surface area contributed by atoms with Gasteiger partial charge in [-0.05, 0) is 19.1 Å². The van der Waals surface area contributed by atoms with E-state index in [1.165, 1.54) is 19.1 Å². The van der Waals surface area contributed by atoms with E-state index in [0.29, 0.717) is 0 Å². The van der Waals surface area contributed by atoms with Gasteiger partial charge in [0.1, 0.15) is 6.54 Å². The maximum absolute atomic E-state index is 12.1. The molecule has 0 aliphatic rings. The number of amides is 1. The summed E-state index contributed by atoms with van der Waals surface area (Å²) in [6, 6.07) is 5.39. The first-order chi connectivity index (χ1) is 8.29. The van der Waals surface area contributed by atoms with Crippen molar-refractivity contribution < 1.29 is 18.0 Å². The lowest BCUT2D eigenvalue weighted by molar-refractivity contribution is -0.117. The quantitative estimate of drug-likeness (QED) is 0.776. The minimum absolute atomic E-state index is 0.198. The molecule has 100 valence electrons. The minimum Gasteiger partial charge on any atom is -0.375 e. The Labute approximate surface area is 102 Å². The van der Waals surface area contributed by atoms with E-state index in [-0.39, 0.29) is 11.4 Å². The summed E-state index contributed by atoms with van der Waals surface area (Å²) in [5.74, 6) is -0.462. The molecule has 18 heavy (non-hydrogen) atoms. The molecule has 1 aromatic carbocycles. The van der Waals surface area contributed by atoms with Gasteiger partial charge in [0.2, 0.25) is 5.91 Å². The van der Waals surface area contributed by atoms with Crippen LogP contribution in [0.15, 0.2) is 24.3 Å². The van der Waals surface area contributed by atoms with E-state index in [1.54, 1.807) is 12.1 Å². The molecule has 1 rings (SSSR count). The number of anilines is 2. The Bertz CT molecular complexity index is 418. The maximum Gasteiger partial charge on any atom is 0.405 e. The number of hydrogen-bond acceptors (Lipinski definition) is 3. The highest BCUT2D eigenvalue weighted by molar-refractivity contribution is 5.97. The van der Waals surface area contributed by atoms with E-state index in [2.05, 4.69) is 10.6 Å². The van der Waals surface area contributed by atoms with E-state index < -0.39 is 24.7 Å². The van der Waals surface area contributed by atoms with E-state index in [0.717, 1.165) is 0 Å². The minimum atomic E-state index is -4.32. The van der Waals surface area contributed by atoms with Gasteiger partial charge in [0.25, 0.3) is 0 Å². The molecule has 0 aromatic heterocycles. The fourth-order valence-corrected chi connectivity index (χ4v) is 1.19. The standard InChI is InChI=1S/C11H14F3N3O/c1-7(15)10(18)17-9-5-3-2-4-8(9)16-6-11(12,13)14/h2-5,7,16H,6,15H2,1H3,(H,17,18)/t7-/m1/s1. The summed E-state index contributed by atoms with van der Waals surface area (Å²) in [5.41, 5.74) is 5.83. The summed E-state index contributed by atoms with van der Waals surface area (Å²) in [7, 11) is 0. The van der Waals surface area contributed by atoms with Gasteiger partial charge in [-0.15, -0.1) is 0 Å². The van der Waals surface area contributed by atoms with Crippen LogP contribution in [0.3, 0.4) is 0 Å². The summed E-state index contributed by atoms with van der Waals surface area (Å²) < 4.78 is 36.3. The number of halogens is 3. The van der Waals surface area contributed by atoms with Crippen LogP contribution >= 0.6 is 0 Å². The molecule has 0 aliphatic carbocycles. The fourth-order valence-electron chi connectivity index (χ4n) is 1.19. The van der Waals surface area contributed by atoms with Crippen LogP contribution in [0.25, 0.3) is 0 Å². The van der Waals surface area contributed by atoms with Gasteiger partial charge in [-0.3, -0.25) is 4.79 Å². The lowest BCUT2D eigenvalue weighted by atomic mass is 10.2. The molecule has 0 heterocycles. The van der Waals surface area contributed by atoms with Crippen molar-refractivity contribution in [2.45, 2.75) is 19.1 Å². The Balaban J connectivity index is 2.77. The number of nitrogens with two attached hydrogens (primary N) is 1. The highest BCUT2D eigenvalue weighted by atomic mass is 19.4. The Morgan fingerprint density at radius 2 is 1.89 bits per heavy atom. The summed E-state index contributed by atoms with van der Waals surface area (Å²) in [4.78, 5) is 11.4. The van der Waals surface area contributed by atoms with E-state index in [9.17, 15) is 18.0 Å². The van der Waals surface area contributed by atoms with Gasteiger partial charge >= 0.3 is 6.18 Å². The first kappa shape index (κ1) is 14.3. The Morgan fingerprint density at radius 1 is 1.33 bits per heavy atom. The molecule has 0 saturated carbocycles. The van der Waals surface area contributed by atoms with Crippen molar-refractivity contribution in [2.75, 3.05) is 17.2 Å². The van der Waals surface area contributed by atoms with Crippen molar-refractivity contribution in [1.29, 1.82) is 0 Å². The van der Waals surface area contributed by atoms with Crippen molar-refractivity contribution in [3.8, 4) is 0 Å². The molecule has 4 nitrogen and oxygen atoms in total. The van der Waals surface area contributed by atoms with Gasteiger partial charge in [-0.1, -0.05) is 12.1 Å². The number of carbonyl (C=O) groups is 1. The topological polar surface area (TPSA) is 67.2 Å². The summed E-state index contributed by atoms with van der Waals surface area (Å²) in [6.07, 6.45) is -4.32. The van der Waals surface area contributed by atoms with Crippen molar-refractivity contribution in [3.05, 3.63) is 24.3 Å². The first-order valence-electron chi connectivity index (χ1n) is 5.25. The molecular weight excluding hydrogens is 247 g/mol. The Hall–Kier alpha value is -1.76. The number of rotatable bonds is 4. The second kappa shape index (κ2) is 5.72. The molecule has 1 aromatic rings. The predicted molar refractivity (Wildman–Crippen MR) is 63.3 cm³/mol. The van der Waals surface area contributed by atoms with Gasteiger partial charge < -0.3 is 16.4 Å². The molecule has 0 fully saturated rings. The zero-order chi connectivity index (χ0) is 13.8. The molecule has 0 bridgehead atoms. The van der Waals surface area contributed by atoms with Crippen molar-refractivity contribution in [1.82, 2.24) is 0 Å². The average Bonchev–Trinajstić information content (AvgIpc) is 2.26. The summed E-state index contributed by atoms with van der Waals surface area (Å²) >= 11 is 0. The summed E-state index contributed by atoms with van der Waals surface area (Å²) in [6.45, 7) is 0.319. The average molecular weight is 261 g/mol. The molecule has 0 aliphatic heterocycles. The third kappa shape index (κ3) is 4.62. The van der Waals surface area contributed by atoms with Gasteiger partial charge in [0.05, 0.1) is 17.4 Å². The molecule has 1 atom stereocenters. The lowest BCUT2D eigenvalue weighted by Crippen LogP contribution is -2.32. The van der Waals surface area contributed by atoms with Gasteiger partial charge in [-0.25, -0.2) is 0 Å². The van der Waals surface area contributed by atoms with Crippen LogP contribution in [0, 0.1) is 0 Å². The molecule has 7 heteroatoms. The number of alkyl halides is 3. The van der Waals surface area contributed by atoms with E-state index in [4.69, 9.17) is 5.73 Å². The number of hydrogen-bond donors (Lipinski definition) is 3. The van der Waals surface area contributed by atoms with Crippen LogP contribution in [-0.2, 0) is 4.79 Å². The third-order valence-electron chi connectivity index (χ3n) is 2.08. The van der Waals surface area contributed by atoms with Crippen molar-refractivity contribution in [2.24, 2.45) is 5.73 Å². The summed E-state index contributed by atoms with van der Waals surface area (Å²) in [5, 5.41) is 4.67. The van der Waals surface area contributed by atoms with Crippen LogP contribution < -0.4 is 16.4 Å². The van der Waals surface area contributed by atoms with Crippen molar-refractivity contribution in [3.63, 3.8) is 0 Å². The second-order valence-corrected chi connectivity index (χ2v) is 3.79. The highest BCUT2D eigenvalue weighted by Crippen LogP contribution is 2.23. The Kier molecular flexibility index (Phi) is 4.55.